The monoisotopic (exact) mass is 944 g/mol. The number of anilines is 2. The second kappa shape index (κ2) is 18.1. The number of nitrogens with one attached hydrogen (secondary N) is 3. The molecule has 0 unspecified atom stereocenters. The summed E-state index contributed by atoms with van der Waals surface area (Å²) < 4.78 is 17.8. The first-order valence-electron chi connectivity index (χ1n) is 22.8. The fraction of sp³-hybridized carbons (Fsp3) is 0.417. The Labute approximate surface area is 398 Å². The Bertz CT molecular complexity index is 3170. The van der Waals surface area contributed by atoms with Gasteiger partial charge in [-0.15, -0.1) is 12.4 Å². The van der Waals surface area contributed by atoms with Gasteiger partial charge in [0.1, 0.15) is 34.1 Å². The van der Waals surface area contributed by atoms with E-state index in [4.69, 9.17) is 20.2 Å². The van der Waals surface area contributed by atoms with Crippen molar-refractivity contribution in [3.8, 4) is 22.5 Å². The number of nitrogens with zero attached hydrogens (tertiary/aromatic N) is 10. The van der Waals surface area contributed by atoms with Crippen molar-refractivity contribution < 1.29 is 24.2 Å². The van der Waals surface area contributed by atoms with Gasteiger partial charge in [-0.05, 0) is 77.6 Å². The lowest BCUT2D eigenvalue weighted by Gasteiger charge is -2.53. The number of hydrogen-bond acceptors (Lipinski definition) is 13. The molecule has 2 spiro atoms. The Kier molecular flexibility index (Phi) is 12.4. The Morgan fingerprint density at radius 3 is 1.57 bits per heavy atom. The average molecular weight is 946 g/mol. The van der Waals surface area contributed by atoms with Gasteiger partial charge in [0.2, 0.25) is 0 Å². The summed E-state index contributed by atoms with van der Waals surface area (Å²) in [5.74, 6) is 0.227. The number of carbonyl (C=O) groups is 2. The molecule has 8 aromatic rings. The predicted molar refractivity (Wildman–Crippen MR) is 262 cm³/mol. The predicted octanol–water partition coefficient (Wildman–Crippen LogP) is 6.89. The van der Waals surface area contributed by atoms with Gasteiger partial charge in [0.05, 0.1) is 50.2 Å². The maximum atomic E-state index is 13.1. The SMILES string of the molecule is CNc1cc(-c2cn(C(C)C)c3ncccc23)nc2c(C(=O)NC3CC4(COC4)C3)cnn12.CNc1cc(-c2cn(C(C)C)c3ncccc23)nc2c(C(=O)O)cnn12.Cl.NC1CC2(COC2)C1. The highest BCUT2D eigenvalue weighted by Gasteiger charge is 2.50. The third kappa shape index (κ3) is 8.16. The second-order valence-electron chi connectivity index (χ2n) is 19.0. The number of pyridine rings is 2. The summed E-state index contributed by atoms with van der Waals surface area (Å²) in [5.41, 5.74) is 13.0. The number of hydrogen-bond donors (Lipinski definition) is 5. The standard InChI is InChI=1S/C24H27N7O2.C18H18N6O2.C6H11NO.ClH/c1-14(2)30-11-18(16-5-4-6-26-21(16)30)19-7-20(25-3)31-22(29-19)17(10-27-31)23(32)28-15-8-24(9-15)12-33-13-24;1-10(2)23-9-13(11-5-4-6-20-16(11)23)14-7-15(19-3)24-17(22-14)12(8-21-24)18(25)26;7-5-1-6(2-5)3-8-4-6;/h4-7,10-11,14-15,25H,8-9,12-13H2,1-3H3,(H,28,32);4-10,19H,1-3H3,(H,25,26);5H,1-4,7H2;1H. The van der Waals surface area contributed by atoms with Crippen molar-refractivity contribution in [3.05, 3.63) is 84.7 Å². The zero-order valence-corrected chi connectivity index (χ0v) is 39.7. The number of aromatic carboxylic acids is 1. The molecule has 20 heteroatoms. The zero-order chi connectivity index (χ0) is 46.8. The normalized spacial score (nSPS) is 17.7. The number of carbonyl (C=O) groups excluding carboxylic acids is 1. The van der Waals surface area contributed by atoms with E-state index < -0.39 is 5.97 Å². The molecule has 68 heavy (non-hydrogen) atoms. The molecule has 2 saturated carbocycles. The Balaban J connectivity index is 0.000000146. The molecule has 4 fully saturated rings. The van der Waals surface area contributed by atoms with Crippen molar-refractivity contribution in [1.29, 1.82) is 0 Å². The molecule has 0 atom stereocenters. The minimum atomic E-state index is -1.06. The van der Waals surface area contributed by atoms with Crippen LogP contribution in [0.15, 0.2) is 73.6 Å². The lowest BCUT2D eigenvalue weighted by Crippen LogP contribution is -2.59. The fourth-order valence-corrected chi connectivity index (χ4v) is 9.89. The van der Waals surface area contributed by atoms with Crippen LogP contribution in [0.25, 0.3) is 55.9 Å². The molecule has 1 amide bonds. The van der Waals surface area contributed by atoms with Gasteiger partial charge in [-0.25, -0.2) is 24.7 Å². The van der Waals surface area contributed by atoms with E-state index in [0.29, 0.717) is 45.2 Å². The number of nitrogens with two attached hydrogens (primary N) is 1. The van der Waals surface area contributed by atoms with Gasteiger partial charge in [0.25, 0.3) is 5.91 Å². The molecule has 10 heterocycles. The van der Waals surface area contributed by atoms with E-state index in [1.807, 2.05) is 43.6 Å². The smallest absolute Gasteiger partial charge is 0.341 e. The first-order chi connectivity index (χ1) is 32.3. The summed E-state index contributed by atoms with van der Waals surface area (Å²) in [6.45, 7) is 12.0. The van der Waals surface area contributed by atoms with Crippen LogP contribution in [0, 0.1) is 10.8 Å². The lowest BCUT2D eigenvalue weighted by atomic mass is 9.64. The van der Waals surface area contributed by atoms with E-state index in [-0.39, 0.29) is 42.0 Å². The van der Waals surface area contributed by atoms with Gasteiger partial charge < -0.3 is 45.4 Å². The molecule has 19 nitrogen and oxygen atoms in total. The number of ether oxygens (including phenoxy) is 2. The van der Waals surface area contributed by atoms with Crippen LogP contribution in [-0.2, 0) is 9.47 Å². The lowest BCUT2D eigenvalue weighted by molar-refractivity contribution is -0.165. The number of amides is 1. The number of carboxylic acid groups (broad SMARTS) is 1. The molecule has 12 rings (SSSR count). The molecule has 6 N–H and O–H groups in total. The van der Waals surface area contributed by atoms with E-state index in [1.54, 1.807) is 30.2 Å². The van der Waals surface area contributed by atoms with E-state index >= 15 is 0 Å². The van der Waals surface area contributed by atoms with Crippen LogP contribution < -0.4 is 21.7 Å². The summed E-state index contributed by atoms with van der Waals surface area (Å²) in [6.07, 6.45) is 14.9. The maximum absolute atomic E-state index is 13.1. The summed E-state index contributed by atoms with van der Waals surface area (Å²) >= 11 is 0. The van der Waals surface area contributed by atoms with Gasteiger partial charge in [0.15, 0.2) is 11.3 Å². The van der Waals surface area contributed by atoms with Gasteiger partial charge in [-0.3, -0.25) is 4.79 Å². The van der Waals surface area contributed by atoms with Gasteiger partial charge in [-0.2, -0.15) is 19.2 Å². The van der Waals surface area contributed by atoms with E-state index in [0.717, 1.165) is 84.0 Å². The fourth-order valence-electron chi connectivity index (χ4n) is 9.89. The van der Waals surface area contributed by atoms with Crippen LogP contribution in [0.4, 0.5) is 11.6 Å². The zero-order valence-electron chi connectivity index (χ0n) is 38.9. The minimum absolute atomic E-state index is 0. The largest absolute Gasteiger partial charge is 0.477 e. The molecule has 8 aromatic heterocycles. The first kappa shape index (κ1) is 46.4. The summed E-state index contributed by atoms with van der Waals surface area (Å²) in [7, 11) is 3.60. The Morgan fingerprint density at radius 1 is 0.721 bits per heavy atom. The van der Waals surface area contributed by atoms with Crippen LogP contribution in [0.5, 0.6) is 0 Å². The molecule has 356 valence electrons. The third-order valence-electron chi connectivity index (χ3n) is 13.5. The van der Waals surface area contributed by atoms with E-state index in [9.17, 15) is 14.7 Å². The quantitative estimate of drug-likeness (QED) is 0.0993. The Hall–Kier alpha value is -6.67. The average Bonchev–Trinajstić information content (AvgIpc) is 4.07. The van der Waals surface area contributed by atoms with Crippen LogP contribution in [0.3, 0.4) is 0 Å². The molecular formula is C48H57ClN14O5. The van der Waals surface area contributed by atoms with E-state index in [1.165, 1.54) is 23.6 Å². The molecule has 0 bridgehead atoms. The van der Waals surface area contributed by atoms with Gasteiger partial charge in [-0.1, -0.05) is 0 Å². The number of halogens is 1. The highest BCUT2D eigenvalue weighted by Crippen LogP contribution is 2.47. The topological polar surface area (TPSA) is 231 Å². The van der Waals surface area contributed by atoms with Crippen LogP contribution in [0.1, 0.15) is 86.2 Å². The summed E-state index contributed by atoms with van der Waals surface area (Å²) in [6, 6.07) is 12.8. The number of rotatable bonds is 9. The van der Waals surface area contributed by atoms with Crippen molar-refractivity contribution in [1.82, 2.24) is 53.6 Å². The summed E-state index contributed by atoms with van der Waals surface area (Å²) in [4.78, 5) is 43.2. The Morgan fingerprint density at radius 2 is 1.18 bits per heavy atom. The number of aromatic nitrogens is 10. The molecule has 0 radical (unpaired) electrons. The molecule has 2 aliphatic carbocycles. The van der Waals surface area contributed by atoms with Crippen molar-refractivity contribution in [2.75, 3.05) is 51.2 Å². The highest BCUT2D eigenvalue weighted by atomic mass is 35.5. The summed E-state index contributed by atoms with van der Waals surface area (Å²) in [5, 5.41) is 29.4. The van der Waals surface area contributed by atoms with Gasteiger partial charge in [0, 0.05) is 108 Å². The molecule has 2 aliphatic heterocycles. The van der Waals surface area contributed by atoms with Crippen molar-refractivity contribution in [3.63, 3.8) is 0 Å². The molecular weight excluding hydrogens is 888 g/mol. The van der Waals surface area contributed by atoms with Gasteiger partial charge >= 0.3 is 5.97 Å². The maximum Gasteiger partial charge on any atom is 0.341 e. The second-order valence-corrected chi connectivity index (χ2v) is 19.0. The number of carboxylic acids is 1. The van der Waals surface area contributed by atoms with E-state index in [2.05, 4.69) is 90.2 Å². The number of fused-ring (bicyclic) bond motifs is 4. The van der Waals surface area contributed by atoms with Crippen molar-refractivity contribution in [2.45, 2.75) is 77.5 Å². The van der Waals surface area contributed by atoms with Crippen LogP contribution in [0.2, 0.25) is 0 Å². The highest BCUT2D eigenvalue weighted by molar-refractivity contribution is 6.01. The molecule has 4 aliphatic rings. The molecule has 0 aromatic carbocycles. The first-order valence-corrected chi connectivity index (χ1v) is 22.8. The minimum Gasteiger partial charge on any atom is -0.477 e. The van der Waals surface area contributed by atoms with Crippen molar-refractivity contribution >= 4 is 69.3 Å². The third-order valence-corrected chi connectivity index (χ3v) is 13.5. The van der Waals surface area contributed by atoms with Crippen molar-refractivity contribution in [2.24, 2.45) is 16.6 Å². The van der Waals surface area contributed by atoms with Crippen LogP contribution >= 0.6 is 12.4 Å². The molecule has 2 saturated heterocycles. The van der Waals surface area contributed by atoms with Crippen LogP contribution in [-0.4, -0.2) is 118 Å².